The summed E-state index contributed by atoms with van der Waals surface area (Å²) in [4.78, 5) is 12.0. The van der Waals surface area contributed by atoms with Crippen LogP contribution in [0.2, 0.25) is 0 Å². The van der Waals surface area contributed by atoms with Crippen molar-refractivity contribution in [2.24, 2.45) is 5.92 Å². The molecule has 1 N–H and O–H groups in total. The van der Waals surface area contributed by atoms with Crippen LogP contribution in [0.15, 0.2) is 48.6 Å². The van der Waals surface area contributed by atoms with Crippen molar-refractivity contribution in [3.8, 4) is 0 Å². The van der Waals surface area contributed by atoms with E-state index in [0.29, 0.717) is 11.1 Å². The lowest BCUT2D eigenvalue weighted by molar-refractivity contribution is 0.0600. The SMILES string of the molecule is COC(=O)c1ccc2c(c1C)N[C@H](c1ccccc1F)[C@H]1CC=C[C@H]21. The Bertz CT molecular complexity index is 874. The maximum absolute atomic E-state index is 14.4. The first kappa shape index (κ1) is 15.9. The Morgan fingerprint density at radius 2 is 2.00 bits per heavy atom. The lowest BCUT2D eigenvalue weighted by Crippen LogP contribution is -2.30. The third kappa shape index (κ3) is 2.44. The second-order valence-electron chi connectivity index (χ2n) is 6.69. The minimum Gasteiger partial charge on any atom is -0.465 e. The molecule has 25 heavy (non-hydrogen) atoms. The number of hydrogen-bond acceptors (Lipinski definition) is 3. The van der Waals surface area contributed by atoms with Crippen LogP contribution in [0, 0.1) is 18.7 Å². The van der Waals surface area contributed by atoms with Gasteiger partial charge in [-0.25, -0.2) is 9.18 Å². The number of fused-ring (bicyclic) bond motifs is 3. The first-order valence-electron chi connectivity index (χ1n) is 8.51. The van der Waals surface area contributed by atoms with Gasteiger partial charge in [0.2, 0.25) is 0 Å². The molecule has 3 nitrogen and oxygen atoms in total. The van der Waals surface area contributed by atoms with Crippen LogP contribution in [0.25, 0.3) is 0 Å². The Morgan fingerprint density at radius 1 is 1.20 bits per heavy atom. The highest BCUT2D eigenvalue weighted by Crippen LogP contribution is 2.51. The van der Waals surface area contributed by atoms with Gasteiger partial charge in [-0.05, 0) is 42.5 Å². The van der Waals surface area contributed by atoms with Gasteiger partial charge < -0.3 is 10.1 Å². The van der Waals surface area contributed by atoms with Crippen LogP contribution >= 0.6 is 0 Å². The fraction of sp³-hybridized carbons (Fsp3) is 0.286. The Labute approximate surface area is 146 Å². The zero-order valence-electron chi connectivity index (χ0n) is 14.3. The zero-order chi connectivity index (χ0) is 17.6. The molecule has 2 aromatic carbocycles. The lowest BCUT2D eigenvalue weighted by atomic mass is 9.76. The van der Waals surface area contributed by atoms with Crippen molar-refractivity contribution in [1.82, 2.24) is 0 Å². The summed E-state index contributed by atoms with van der Waals surface area (Å²) in [5.41, 5.74) is 4.15. The largest absolute Gasteiger partial charge is 0.465 e. The molecular weight excluding hydrogens is 317 g/mol. The molecule has 1 aliphatic carbocycles. The number of carbonyl (C=O) groups is 1. The normalized spacial score (nSPS) is 23.6. The quantitative estimate of drug-likeness (QED) is 0.635. The summed E-state index contributed by atoms with van der Waals surface area (Å²) in [5.74, 6) is -0.0523. The number of nitrogens with one attached hydrogen (secondary N) is 1. The number of anilines is 1. The molecule has 128 valence electrons. The number of carbonyl (C=O) groups excluding carboxylic acids is 1. The van der Waals surface area contributed by atoms with E-state index < -0.39 is 0 Å². The molecule has 2 aliphatic rings. The molecule has 0 bridgehead atoms. The topological polar surface area (TPSA) is 38.3 Å². The summed E-state index contributed by atoms with van der Waals surface area (Å²) in [6.07, 6.45) is 5.28. The predicted molar refractivity (Wildman–Crippen MR) is 95.3 cm³/mol. The van der Waals surface area contributed by atoms with Crippen molar-refractivity contribution >= 4 is 11.7 Å². The van der Waals surface area contributed by atoms with E-state index in [0.717, 1.165) is 23.2 Å². The molecule has 0 aromatic heterocycles. The fourth-order valence-electron chi connectivity index (χ4n) is 4.18. The average molecular weight is 337 g/mol. The number of allylic oxidation sites excluding steroid dienone is 2. The van der Waals surface area contributed by atoms with Crippen molar-refractivity contribution in [2.45, 2.75) is 25.3 Å². The van der Waals surface area contributed by atoms with Gasteiger partial charge in [-0.2, -0.15) is 0 Å². The van der Waals surface area contributed by atoms with E-state index in [2.05, 4.69) is 17.5 Å². The summed E-state index contributed by atoms with van der Waals surface area (Å²) < 4.78 is 19.3. The number of benzene rings is 2. The second-order valence-corrected chi connectivity index (χ2v) is 6.69. The van der Waals surface area contributed by atoms with E-state index in [4.69, 9.17) is 4.74 Å². The summed E-state index contributed by atoms with van der Waals surface area (Å²) in [6, 6.07) is 10.6. The van der Waals surface area contributed by atoms with Crippen LogP contribution in [0.3, 0.4) is 0 Å². The minimum absolute atomic E-state index is 0.125. The van der Waals surface area contributed by atoms with Gasteiger partial charge in [-0.15, -0.1) is 0 Å². The van der Waals surface area contributed by atoms with Crippen LogP contribution in [0.4, 0.5) is 10.1 Å². The van der Waals surface area contributed by atoms with Crippen LogP contribution in [-0.2, 0) is 4.74 Å². The van der Waals surface area contributed by atoms with Gasteiger partial charge in [-0.1, -0.05) is 36.4 Å². The molecule has 0 saturated heterocycles. The summed E-state index contributed by atoms with van der Waals surface area (Å²) in [6.45, 7) is 1.91. The van der Waals surface area contributed by atoms with E-state index in [1.165, 1.54) is 13.2 Å². The van der Waals surface area contributed by atoms with Gasteiger partial charge in [0.25, 0.3) is 0 Å². The van der Waals surface area contributed by atoms with E-state index >= 15 is 0 Å². The molecule has 0 unspecified atom stereocenters. The molecule has 0 radical (unpaired) electrons. The number of rotatable bonds is 2. The number of ether oxygens (including phenoxy) is 1. The first-order valence-corrected chi connectivity index (χ1v) is 8.51. The standard InChI is InChI=1S/C21H20FNO2/c1-12-13(21(24)25-2)10-11-16-14-7-5-8-15(14)20(23-19(12)16)17-6-3-4-9-18(17)22/h3-7,9-11,14-15,20,23H,8H2,1-2H3/t14-,15-,20-/m0/s1. The summed E-state index contributed by atoms with van der Waals surface area (Å²) in [5, 5.41) is 3.53. The Hall–Kier alpha value is -2.62. The number of halogens is 1. The molecule has 1 heterocycles. The zero-order valence-corrected chi connectivity index (χ0v) is 14.3. The third-order valence-electron chi connectivity index (χ3n) is 5.44. The highest BCUT2D eigenvalue weighted by molar-refractivity contribution is 5.93. The maximum atomic E-state index is 14.4. The Kier molecular flexibility index (Phi) is 3.83. The van der Waals surface area contributed by atoms with Crippen molar-refractivity contribution in [3.05, 3.63) is 76.6 Å². The van der Waals surface area contributed by atoms with E-state index in [1.54, 1.807) is 6.07 Å². The van der Waals surface area contributed by atoms with Gasteiger partial charge in [0.1, 0.15) is 5.82 Å². The molecule has 0 saturated carbocycles. The van der Waals surface area contributed by atoms with Gasteiger partial charge in [0.05, 0.1) is 18.7 Å². The van der Waals surface area contributed by atoms with Crippen LogP contribution in [0.1, 0.15) is 45.4 Å². The highest BCUT2D eigenvalue weighted by atomic mass is 19.1. The van der Waals surface area contributed by atoms with Crippen molar-refractivity contribution in [3.63, 3.8) is 0 Å². The minimum atomic E-state index is -0.353. The van der Waals surface area contributed by atoms with Crippen LogP contribution in [0.5, 0.6) is 0 Å². The smallest absolute Gasteiger partial charge is 0.338 e. The molecule has 3 atom stereocenters. The molecule has 0 amide bonds. The molecule has 2 aromatic rings. The number of hydrogen-bond donors (Lipinski definition) is 1. The molecule has 0 spiro atoms. The highest BCUT2D eigenvalue weighted by Gasteiger charge is 2.39. The Morgan fingerprint density at radius 3 is 2.76 bits per heavy atom. The molecule has 0 fully saturated rings. The predicted octanol–water partition coefficient (Wildman–Crippen LogP) is 4.75. The molecular formula is C21H20FNO2. The number of methoxy groups -OCH3 is 1. The van der Waals surface area contributed by atoms with Crippen molar-refractivity contribution in [1.29, 1.82) is 0 Å². The van der Waals surface area contributed by atoms with Gasteiger partial charge in [-0.3, -0.25) is 0 Å². The third-order valence-corrected chi connectivity index (χ3v) is 5.44. The Balaban J connectivity index is 1.85. The van der Waals surface area contributed by atoms with Crippen LogP contribution < -0.4 is 5.32 Å². The van der Waals surface area contributed by atoms with Gasteiger partial charge in [0, 0.05) is 17.2 Å². The fourth-order valence-corrected chi connectivity index (χ4v) is 4.18. The molecule has 4 rings (SSSR count). The van der Waals surface area contributed by atoms with Crippen LogP contribution in [-0.4, -0.2) is 13.1 Å². The van der Waals surface area contributed by atoms with Crippen molar-refractivity contribution in [2.75, 3.05) is 12.4 Å². The van der Waals surface area contributed by atoms with Gasteiger partial charge >= 0.3 is 5.97 Å². The summed E-state index contributed by atoms with van der Waals surface area (Å²) >= 11 is 0. The second kappa shape index (κ2) is 6.03. The monoisotopic (exact) mass is 337 g/mol. The van der Waals surface area contributed by atoms with E-state index in [1.807, 2.05) is 31.2 Å². The molecule has 1 aliphatic heterocycles. The first-order chi connectivity index (χ1) is 12.1. The summed E-state index contributed by atoms with van der Waals surface area (Å²) in [7, 11) is 1.38. The number of esters is 1. The maximum Gasteiger partial charge on any atom is 0.338 e. The average Bonchev–Trinajstić information content (AvgIpc) is 3.11. The molecule has 4 heteroatoms. The van der Waals surface area contributed by atoms with Gasteiger partial charge in [0.15, 0.2) is 0 Å². The van der Waals surface area contributed by atoms with Crippen molar-refractivity contribution < 1.29 is 13.9 Å². The van der Waals surface area contributed by atoms with E-state index in [9.17, 15) is 9.18 Å². The lowest BCUT2D eigenvalue weighted by Gasteiger charge is -2.38. The van der Waals surface area contributed by atoms with E-state index in [-0.39, 0.29) is 29.7 Å².